The number of thiazole rings is 1. The molecule has 0 saturated carbocycles. The zero-order valence-electron chi connectivity index (χ0n) is 6.05. The number of hydrogen-bond donors (Lipinski definition) is 0. The van der Waals surface area contributed by atoms with Gasteiger partial charge in [-0.2, -0.15) is 0 Å². The SMILES string of the molecule is [CH2]CCCCc1cscn1. The van der Waals surface area contributed by atoms with E-state index in [9.17, 15) is 0 Å². The van der Waals surface area contributed by atoms with Crippen LogP contribution in [0.2, 0.25) is 0 Å². The van der Waals surface area contributed by atoms with Crippen molar-refractivity contribution in [1.29, 1.82) is 0 Å². The Bertz CT molecular complexity index is 158. The Morgan fingerprint density at radius 2 is 2.40 bits per heavy atom. The fraction of sp³-hybridized carbons (Fsp3) is 0.500. The lowest BCUT2D eigenvalue weighted by Crippen LogP contribution is -1.83. The first-order chi connectivity index (χ1) is 4.93. The van der Waals surface area contributed by atoms with Gasteiger partial charge in [0.1, 0.15) is 0 Å². The van der Waals surface area contributed by atoms with Crippen LogP contribution in [0.15, 0.2) is 10.9 Å². The van der Waals surface area contributed by atoms with Crippen LogP contribution in [0.1, 0.15) is 25.0 Å². The zero-order valence-corrected chi connectivity index (χ0v) is 6.86. The normalized spacial score (nSPS) is 10.1. The molecule has 0 atom stereocenters. The van der Waals surface area contributed by atoms with Crippen LogP contribution in [0, 0.1) is 6.92 Å². The molecule has 2 heteroatoms. The van der Waals surface area contributed by atoms with Gasteiger partial charge in [-0.05, 0) is 12.8 Å². The Morgan fingerprint density at radius 1 is 1.50 bits per heavy atom. The summed E-state index contributed by atoms with van der Waals surface area (Å²) in [4.78, 5) is 4.19. The molecule has 0 bridgehead atoms. The van der Waals surface area contributed by atoms with E-state index < -0.39 is 0 Å². The third-order valence-corrected chi connectivity index (χ3v) is 2.05. The third-order valence-electron chi connectivity index (χ3n) is 1.42. The highest BCUT2D eigenvalue weighted by atomic mass is 32.1. The van der Waals surface area contributed by atoms with E-state index in [1.165, 1.54) is 18.5 Å². The Hall–Kier alpha value is -0.370. The molecule has 0 aliphatic carbocycles. The van der Waals surface area contributed by atoms with Gasteiger partial charge in [0.25, 0.3) is 0 Å². The Balaban J connectivity index is 2.15. The summed E-state index contributed by atoms with van der Waals surface area (Å²) in [5.41, 5.74) is 3.12. The Morgan fingerprint density at radius 3 is 3.00 bits per heavy atom. The second kappa shape index (κ2) is 4.45. The summed E-state index contributed by atoms with van der Waals surface area (Å²) in [6.07, 6.45) is 4.62. The summed E-state index contributed by atoms with van der Waals surface area (Å²) in [5, 5.41) is 2.11. The van der Waals surface area contributed by atoms with Crippen LogP contribution >= 0.6 is 11.3 Å². The van der Waals surface area contributed by atoms with Gasteiger partial charge < -0.3 is 0 Å². The van der Waals surface area contributed by atoms with E-state index in [-0.39, 0.29) is 0 Å². The lowest BCUT2D eigenvalue weighted by molar-refractivity contribution is 0.736. The average Bonchev–Trinajstić information content (AvgIpc) is 2.41. The molecule has 1 nitrogen and oxygen atoms in total. The third kappa shape index (κ3) is 2.48. The van der Waals surface area contributed by atoms with Gasteiger partial charge in [-0.1, -0.05) is 19.8 Å². The van der Waals surface area contributed by atoms with Crippen molar-refractivity contribution >= 4 is 11.3 Å². The molecule has 0 aromatic carbocycles. The zero-order chi connectivity index (χ0) is 7.23. The highest BCUT2D eigenvalue weighted by Gasteiger charge is 1.92. The van der Waals surface area contributed by atoms with Crippen LogP contribution < -0.4 is 0 Å². The molecule has 0 aliphatic rings. The maximum absolute atomic E-state index is 4.19. The van der Waals surface area contributed by atoms with E-state index >= 15 is 0 Å². The van der Waals surface area contributed by atoms with Crippen molar-refractivity contribution in [2.45, 2.75) is 25.7 Å². The lowest BCUT2D eigenvalue weighted by atomic mass is 10.2. The van der Waals surface area contributed by atoms with Crippen molar-refractivity contribution < 1.29 is 0 Å². The van der Waals surface area contributed by atoms with Crippen LogP contribution in [-0.4, -0.2) is 4.98 Å². The minimum atomic E-state index is 1.05. The van der Waals surface area contributed by atoms with Gasteiger partial charge in [0.2, 0.25) is 0 Å². The topological polar surface area (TPSA) is 12.9 Å². The van der Waals surface area contributed by atoms with Crippen molar-refractivity contribution in [3.63, 3.8) is 0 Å². The van der Waals surface area contributed by atoms with Crippen molar-refractivity contribution in [2.24, 2.45) is 0 Å². The monoisotopic (exact) mass is 154 g/mol. The summed E-state index contributed by atoms with van der Waals surface area (Å²) in [7, 11) is 0. The molecule has 0 saturated heterocycles. The molecular formula is C8H12NS. The molecule has 1 aromatic rings. The van der Waals surface area contributed by atoms with Crippen LogP contribution in [0.25, 0.3) is 0 Å². The predicted octanol–water partition coefficient (Wildman–Crippen LogP) is 2.69. The summed E-state index contributed by atoms with van der Waals surface area (Å²) in [5.74, 6) is 0. The lowest BCUT2D eigenvalue weighted by Gasteiger charge is -1.92. The fourth-order valence-corrected chi connectivity index (χ4v) is 1.44. The number of rotatable bonds is 4. The number of nitrogens with zero attached hydrogens (tertiary/aromatic N) is 1. The first-order valence-corrected chi connectivity index (χ1v) is 4.54. The molecule has 0 spiro atoms. The largest absolute Gasteiger partial charge is 0.250 e. The first-order valence-electron chi connectivity index (χ1n) is 3.60. The molecule has 0 fully saturated rings. The molecule has 0 aliphatic heterocycles. The van der Waals surface area contributed by atoms with E-state index in [1.807, 2.05) is 5.51 Å². The second-order valence-electron chi connectivity index (χ2n) is 2.29. The number of hydrogen-bond acceptors (Lipinski definition) is 2. The molecule has 1 aromatic heterocycles. The standard InChI is InChI=1S/C8H12NS/c1-2-3-4-5-8-6-10-7-9-8/h6-7H,1-5H2. The van der Waals surface area contributed by atoms with Crippen LogP contribution in [0.3, 0.4) is 0 Å². The van der Waals surface area contributed by atoms with Gasteiger partial charge in [0, 0.05) is 5.38 Å². The van der Waals surface area contributed by atoms with Crippen molar-refractivity contribution in [3.8, 4) is 0 Å². The van der Waals surface area contributed by atoms with Crippen molar-refractivity contribution in [2.75, 3.05) is 0 Å². The number of aromatic nitrogens is 1. The fourth-order valence-electron chi connectivity index (χ4n) is 0.844. The van der Waals surface area contributed by atoms with E-state index in [2.05, 4.69) is 17.3 Å². The van der Waals surface area contributed by atoms with E-state index in [4.69, 9.17) is 0 Å². The van der Waals surface area contributed by atoms with Crippen molar-refractivity contribution in [3.05, 3.63) is 23.5 Å². The molecule has 1 rings (SSSR count). The molecule has 0 unspecified atom stereocenters. The number of aryl methyl sites for hydroxylation is 1. The molecule has 1 radical (unpaired) electrons. The predicted molar refractivity (Wildman–Crippen MR) is 45.0 cm³/mol. The second-order valence-corrected chi connectivity index (χ2v) is 3.01. The molecule has 0 N–H and O–H groups in total. The Labute approximate surface area is 66.1 Å². The van der Waals surface area contributed by atoms with Gasteiger partial charge in [0.05, 0.1) is 11.2 Å². The van der Waals surface area contributed by atoms with Gasteiger partial charge in [0.15, 0.2) is 0 Å². The quantitative estimate of drug-likeness (QED) is 0.608. The van der Waals surface area contributed by atoms with E-state index in [0.717, 1.165) is 12.8 Å². The summed E-state index contributed by atoms with van der Waals surface area (Å²) in [6.45, 7) is 3.79. The van der Waals surface area contributed by atoms with Gasteiger partial charge >= 0.3 is 0 Å². The molecule has 55 valence electrons. The minimum Gasteiger partial charge on any atom is -0.250 e. The first kappa shape index (κ1) is 7.73. The summed E-state index contributed by atoms with van der Waals surface area (Å²) < 4.78 is 0. The highest BCUT2D eigenvalue weighted by molar-refractivity contribution is 7.07. The summed E-state index contributed by atoms with van der Waals surface area (Å²) >= 11 is 1.67. The van der Waals surface area contributed by atoms with Crippen LogP contribution in [0.5, 0.6) is 0 Å². The minimum absolute atomic E-state index is 1.05. The van der Waals surface area contributed by atoms with E-state index in [0.29, 0.717) is 0 Å². The maximum Gasteiger partial charge on any atom is 0.0794 e. The average molecular weight is 154 g/mol. The Kier molecular flexibility index (Phi) is 3.44. The highest BCUT2D eigenvalue weighted by Crippen LogP contribution is 2.06. The maximum atomic E-state index is 4.19. The molecule has 10 heavy (non-hydrogen) atoms. The molecule has 1 heterocycles. The van der Waals surface area contributed by atoms with Crippen LogP contribution in [-0.2, 0) is 6.42 Å². The number of unbranched alkanes of at least 4 members (excludes halogenated alkanes) is 2. The van der Waals surface area contributed by atoms with Crippen molar-refractivity contribution in [1.82, 2.24) is 4.98 Å². The van der Waals surface area contributed by atoms with Gasteiger partial charge in [-0.3, -0.25) is 0 Å². The van der Waals surface area contributed by atoms with E-state index in [1.54, 1.807) is 11.3 Å². The van der Waals surface area contributed by atoms with Crippen LogP contribution in [0.4, 0.5) is 0 Å². The molecular weight excluding hydrogens is 142 g/mol. The molecule has 0 amide bonds. The van der Waals surface area contributed by atoms with Gasteiger partial charge in [-0.15, -0.1) is 11.3 Å². The smallest absolute Gasteiger partial charge is 0.0794 e. The summed E-state index contributed by atoms with van der Waals surface area (Å²) in [6, 6.07) is 0. The van der Waals surface area contributed by atoms with Gasteiger partial charge in [-0.25, -0.2) is 4.98 Å².